The maximum atomic E-state index is 11.1. The van der Waals surface area contributed by atoms with E-state index in [1.165, 1.54) is 0 Å². The molecule has 3 nitrogen and oxygen atoms in total. The maximum absolute atomic E-state index is 11.1. The summed E-state index contributed by atoms with van der Waals surface area (Å²) in [6.45, 7) is 3.05. The van der Waals surface area contributed by atoms with Crippen LogP contribution in [0.15, 0.2) is 0 Å². The molecular formula is C7H12N2O. The zero-order valence-electron chi connectivity index (χ0n) is 6.11. The van der Waals surface area contributed by atoms with Crippen molar-refractivity contribution in [3.63, 3.8) is 0 Å². The van der Waals surface area contributed by atoms with Gasteiger partial charge in [-0.25, -0.2) is 0 Å². The third kappa shape index (κ3) is 0.515. The van der Waals surface area contributed by atoms with Crippen LogP contribution in [-0.4, -0.2) is 24.0 Å². The van der Waals surface area contributed by atoms with Crippen LogP contribution in [0.2, 0.25) is 0 Å². The second kappa shape index (κ2) is 1.72. The van der Waals surface area contributed by atoms with Crippen molar-refractivity contribution in [1.29, 1.82) is 0 Å². The summed E-state index contributed by atoms with van der Waals surface area (Å²) in [5.74, 6) is 0.192. The van der Waals surface area contributed by atoms with E-state index in [-0.39, 0.29) is 11.4 Å². The predicted octanol–water partition coefficient (Wildman–Crippen LogP) is -0.373. The first kappa shape index (κ1) is 6.16. The monoisotopic (exact) mass is 140 g/mol. The van der Waals surface area contributed by atoms with Crippen LogP contribution in [0.3, 0.4) is 0 Å². The summed E-state index contributed by atoms with van der Waals surface area (Å²) in [6.07, 6.45) is 2.15. The average molecular weight is 140 g/mol. The molecule has 10 heavy (non-hydrogen) atoms. The van der Waals surface area contributed by atoms with Gasteiger partial charge in [0.2, 0.25) is 5.91 Å². The Hall–Kier alpha value is -0.570. The number of hydrogen-bond acceptors (Lipinski definition) is 2. The molecule has 2 atom stereocenters. The third-order valence-corrected chi connectivity index (χ3v) is 2.68. The molecule has 2 saturated heterocycles. The topological polar surface area (TPSA) is 41.1 Å². The lowest BCUT2D eigenvalue weighted by Gasteiger charge is -2.44. The van der Waals surface area contributed by atoms with E-state index in [1.807, 2.05) is 0 Å². The van der Waals surface area contributed by atoms with Crippen molar-refractivity contribution in [1.82, 2.24) is 10.6 Å². The Bertz CT molecular complexity index is 172. The standard InChI is InChI=1S/C7H12N2O/c1-5-7(6(10)9-5)3-2-4-8-7/h5,8H,2-4H2,1H3,(H,9,10). The van der Waals surface area contributed by atoms with Gasteiger partial charge in [-0.15, -0.1) is 0 Å². The molecule has 3 heteroatoms. The molecule has 0 aromatic carbocycles. The van der Waals surface area contributed by atoms with Gasteiger partial charge in [-0.1, -0.05) is 0 Å². The smallest absolute Gasteiger partial charge is 0.242 e. The quantitative estimate of drug-likeness (QED) is 0.451. The molecule has 1 amide bonds. The van der Waals surface area contributed by atoms with Crippen molar-refractivity contribution in [2.75, 3.05) is 6.54 Å². The highest BCUT2D eigenvalue weighted by Crippen LogP contribution is 2.29. The van der Waals surface area contributed by atoms with E-state index in [0.29, 0.717) is 6.04 Å². The largest absolute Gasteiger partial charge is 0.350 e. The third-order valence-electron chi connectivity index (χ3n) is 2.68. The molecule has 2 heterocycles. The minimum absolute atomic E-state index is 0.167. The molecular weight excluding hydrogens is 128 g/mol. The van der Waals surface area contributed by atoms with Crippen molar-refractivity contribution in [3.8, 4) is 0 Å². The highest BCUT2D eigenvalue weighted by atomic mass is 16.2. The van der Waals surface area contributed by atoms with Crippen LogP contribution in [0, 0.1) is 0 Å². The lowest BCUT2D eigenvalue weighted by molar-refractivity contribution is -0.138. The molecule has 2 fully saturated rings. The fraction of sp³-hybridized carbons (Fsp3) is 0.857. The Kier molecular flexibility index (Phi) is 1.06. The fourth-order valence-electron chi connectivity index (χ4n) is 1.90. The number of nitrogens with one attached hydrogen (secondary N) is 2. The molecule has 0 bridgehead atoms. The number of β-lactam (4-membered cyclic amide) rings is 1. The molecule has 0 aliphatic carbocycles. The normalized spacial score (nSPS) is 45.3. The van der Waals surface area contributed by atoms with Crippen molar-refractivity contribution in [2.24, 2.45) is 0 Å². The molecule has 2 aliphatic rings. The van der Waals surface area contributed by atoms with Gasteiger partial charge < -0.3 is 10.6 Å². The van der Waals surface area contributed by atoms with Crippen molar-refractivity contribution >= 4 is 5.91 Å². The molecule has 0 saturated carbocycles. The number of carbonyl (C=O) groups excluding carboxylic acids is 1. The van der Waals surface area contributed by atoms with Gasteiger partial charge in [0.05, 0.1) is 6.04 Å². The van der Waals surface area contributed by atoms with Crippen molar-refractivity contribution < 1.29 is 4.79 Å². The van der Waals surface area contributed by atoms with E-state index in [1.54, 1.807) is 0 Å². The van der Waals surface area contributed by atoms with Crippen LogP contribution in [-0.2, 0) is 4.79 Å². The lowest BCUT2D eigenvalue weighted by Crippen LogP contribution is -2.75. The molecule has 0 aromatic rings. The first-order valence-corrected chi connectivity index (χ1v) is 3.82. The number of carbonyl (C=O) groups is 1. The minimum atomic E-state index is -0.167. The molecule has 2 unspecified atom stereocenters. The predicted molar refractivity (Wildman–Crippen MR) is 37.6 cm³/mol. The average Bonchev–Trinajstić information content (AvgIpc) is 2.37. The van der Waals surface area contributed by atoms with Gasteiger partial charge in [-0.3, -0.25) is 4.79 Å². The second-order valence-electron chi connectivity index (χ2n) is 3.20. The van der Waals surface area contributed by atoms with Gasteiger partial charge in [0.25, 0.3) is 0 Å². The van der Waals surface area contributed by atoms with Crippen LogP contribution >= 0.6 is 0 Å². The van der Waals surface area contributed by atoms with E-state index in [9.17, 15) is 4.79 Å². The molecule has 0 radical (unpaired) electrons. The minimum Gasteiger partial charge on any atom is -0.350 e. The molecule has 0 aromatic heterocycles. The van der Waals surface area contributed by atoms with E-state index < -0.39 is 0 Å². The summed E-state index contributed by atoms with van der Waals surface area (Å²) in [5, 5.41) is 6.09. The fourth-order valence-corrected chi connectivity index (χ4v) is 1.90. The zero-order chi connectivity index (χ0) is 7.19. The van der Waals surface area contributed by atoms with Gasteiger partial charge >= 0.3 is 0 Å². The number of amides is 1. The summed E-state index contributed by atoms with van der Waals surface area (Å²) in [7, 11) is 0. The molecule has 1 spiro atoms. The van der Waals surface area contributed by atoms with Crippen molar-refractivity contribution in [3.05, 3.63) is 0 Å². The van der Waals surface area contributed by atoms with Crippen LogP contribution in [0.5, 0.6) is 0 Å². The van der Waals surface area contributed by atoms with Crippen LogP contribution < -0.4 is 10.6 Å². The Morgan fingerprint density at radius 2 is 2.50 bits per heavy atom. The van der Waals surface area contributed by atoms with Crippen molar-refractivity contribution in [2.45, 2.75) is 31.3 Å². The highest BCUT2D eigenvalue weighted by Gasteiger charge is 2.53. The summed E-state index contributed by atoms with van der Waals surface area (Å²) in [5.41, 5.74) is -0.167. The lowest BCUT2D eigenvalue weighted by atomic mass is 9.81. The molecule has 2 aliphatic heterocycles. The summed E-state index contributed by atoms with van der Waals surface area (Å²) in [4.78, 5) is 11.1. The number of hydrogen-bond donors (Lipinski definition) is 2. The Balaban J connectivity index is 2.19. The van der Waals surface area contributed by atoms with E-state index in [2.05, 4.69) is 17.6 Å². The van der Waals surface area contributed by atoms with Crippen LogP contribution in [0.1, 0.15) is 19.8 Å². The first-order chi connectivity index (χ1) is 4.76. The Morgan fingerprint density at radius 1 is 1.70 bits per heavy atom. The Morgan fingerprint density at radius 3 is 2.80 bits per heavy atom. The van der Waals surface area contributed by atoms with Gasteiger partial charge in [-0.2, -0.15) is 0 Å². The number of rotatable bonds is 0. The van der Waals surface area contributed by atoms with E-state index in [0.717, 1.165) is 19.4 Å². The second-order valence-corrected chi connectivity index (χ2v) is 3.20. The summed E-state index contributed by atoms with van der Waals surface area (Å²) < 4.78 is 0. The first-order valence-electron chi connectivity index (χ1n) is 3.82. The Labute approximate surface area is 60.2 Å². The van der Waals surface area contributed by atoms with Gasteiger partial charge in [0, 0.05) is 0 Å². The molecule has 56 valence electrons. The SMILES string of the molecule is CC1NC(=O)C12CCCN2. The zero-order valence-corrected chi connectivity index (χ0v) is 6.11. The summed E-state index contributed by atoms with van der Waals surface area (Å²) >= 11 is 0. The molecule has 2 N–H and O–H groups in total. The molecule has 2 rings (SSSR count). The van der Waals surface area contributed by atoms with Gasteiger partial charge in [-0.05, 0) is 26.3 Å². The van der Waals surface area contributed by atoms with Crippen LogP contribution in [0.4, 0.5) is 0 Å². The van der Waals surface area contributed by atoms with Gasteiger partial charge in [0.1, 0.15) is 5.54 Å². The summed E-state index contributed by atoms with van der Waals surface area (Å²) in [6, 6.07) is 0.336. The van der Waals surface area contributed by atoms with E-state index in [4.69, 9.17) is 0 Å². The highest BCUT2D eigenvalue weighted by molar-refractivity contribution is 5.94. The van der Waals surface area contributed by atoms with E-state index >= 15 is 0 Å². The van der Waals surface area contributed by atoms with Gasteiger partial charge in [0.15, 0.2) is 0 Å². The van der Waals surface area contributed by atoms with Crippen LogP contribution in [0.25, 0.3) is 0 Å². The maximum Gasteiger partial charge on any atom is 0.242 e.